The number of hydrogen-bond acceptors (Lipinski definition) is 5. The van der Waals surface area contributed by atoms with Gasteiger partial charge in [0.25, 0.3) is 10.0 Å². The summed E-state index contributed by atoms with van der Waals surface area (Å²) in [5.74, 6) is 0. The summed E-state index contributed by atoms with van der Waals surface area (Å²) in [5.41, 5.74) is 7.08. The molecule has 0 atom stereocenters. The van der Waals surface area contributed by atoms with Gasteiger partial charge in [-0.05, 0) is 20.8 Å². The Kier molecular flexibility index (Phi) is 3.82. The summed E-state index contributed by atoms with van der Waals surface area (Å²) in [6.07, 6.45) is 3.09. The maximum absolute atomic E-state index is 12.3. The van der Waals surface area contributed by atoms with Crippen molar-refractivity contribution in [1.82, 2.24) is 20.0 Å². The second kappa shape index (κ2) is 5.25. The fourth-order valence-corrected chi connectivity index (χ4v) is 3.01. The first-order chi connectivity index (χ1) is 9.35. The number of nitrogens with one attached hydrogen (secondary N) is 2. The van der Waals surface area contributed by atoms with E-state index in [-0.39, 0.29) is 17.6 Å². The van der Waals surface area contributed by atoms with Crippen LogP contribution in [0.1, 0.15) is 31.1 Å². The molecule has 0 unspecified atom stereocenters. The quantitative estimate of drug-likeness (QED) is 0.752. The molecular weight excluding hydrogens is 280 g/mol. The number of aryl methyl sites for hydroxylation is 1. The average molecular weight is 298 g/mol. The molecule has 0 saturated heterocycles. The summed E-state index contributed by atoms with van der Waals surface area (Å²) in [5, 5.41) is 10.5. The molecule has 0 bridgehead atoms. The summed E-state index contributed by atoms with van der Waals surface area (Å²) in [7, 11) is -3.77. The normalized spacial score (nSPS) is 12.1. The van der Waals surface area contributed by atoms with Gasteiger partial charge in [0.1, 0.15) is 0 Å². The van der Waals surface area contributed by atoms with Gasteiger partial charge in [0, 0.05) is 30.0 Å². The third kappa shape index (κ3) is 2.68. The van der Waals surface area contributed by atoms with Gasteiger partial charge in [0.15, 0.2) is 0 Å². The molecule has 0 spiro atoms. The molecule has 0 aliphatic carbocycles. The summed E-state index contributed by atoms with van der Waals surface area (Å²) in [6, 6.07) is 0.153. The number of aromatic nitrogens is 4. The standard InChI is InChI=1S/C11H18N6O2S/c1-7(2)17-6-9(5-13-17)16-20(18,19)11-10(4-12)8(3)14-15-11/h5-7,16H,4,12H2,1-3H3,(H,14,15). The van der Waals surface area contributed by atoms with Crippen LogP contribution in [0.2, 0.25) is 0 Å². The Labute approximate surface area is 117 Å². The van der Waals surface area contributed by atoms with Crippen molar-refractivity contribution in [3.63, 3.8) is 0 Å². The highest BCUT2D eigenvalue weighted by Crippen LogP contribution is 2.19. The van der Waals surface area contributed by atoms with Gasteiger partial charge in [-0.1, -0.05) is 0 Å². The third-order valence-electron chi connectivity index (χ3n) is 2.88. The van der Waals surface area contributed by atoms with E-state index >= 15 is 0 Å². The van der Waals surface area contributed by atoms with Crippen LogP contribution in [0.3, 0.4) is 0 Å². The van der Waals surface area contributed by atoms with Crippen LogP contribution in [0.25, 0.3) is 0 Å². The first kappa shape index (κ1) is 14.5. The summed E-state index contributed by atoms with van der Waals surface area (Å²) in [6.45, 7) is 5.73. The maximum Gasteiger partial charge on any atom is 0.281 e. The van der Waals surface area contributed by atoms with Crippen molar-refractivity contribution in [3.8, 4) is 0 Å². The second-order valence-corrected chi connectivity index (χ2v) is 6.34. The lowest BCUT2D eigenvalue weighted by atomic mass is 10.3. The lowest BCUT2D eigenvalue weighted by Gasteiger charge is -2.06. The predicted molar refractivity (Wildman–Crippen MR) is 74.6 cm³/mol. The largest absolute Gasteiger partial charge is 0.326 e. The third-order valence-corrected chi connectivity index (χ3v) is 4.23. The van der Waals surface area contributed by atoms with Crippen molar-refractivity contribution >= 4 is 15.7 Å². The van der Waals surface area contributed by atoms with E-state index < -0.39 is 10.0 Å². The Bertz CT molecular complexity index is 700. The minimum absolute atomic E-state index is 0.0743. The van der Waals surface area contributed by atoms with Crippen molar-refractivity contribution < 1.29 is 8.42 Å². The topological polar surface area (TPSA) is 119 Å². The fourth-order valence-electron chi connectivity index (χ4n) is 1.77. The van der Waals surface area contributed by atoms with Gasteiger partial charge in [-0.15, -0.1) is 0 Å². The van der Waals surface area contributed by atoms with Crippen LogP contribution >= 0.6 is 0 Å². The Morgan fingerprint density at radius 2 is 2.20 bits per heavy atom. The van der Waals surface area contributed by atoms with E-state index in [9.17, 15) is 8.42 Å². The van der Waals surface area contributed by atoms with Gasteiger partial charge in [-0.2, -0.15) is 18.6 Å². The van der Waals surface area contributed by atoms with Gasteiger partial charge in [0.05, 0.1) is 11.9 Å². The zero-order valence-corrected chi connectivity index (χ0v) is 12.4. The molecule has 4 N–H and O–H groups in total. The van der Waals surface area contributed by atoms with Crippen molar-refractivity contribution in [3.05, 3.63) is 23.7 Å². The minimum atomic E-state index is -3.77. The molecule has 2 aromatic heterocycles. The molecule has 20 heavy (non-hydrogen) atoms. The van der Waals surface area contributed by atoms with Crippen LogP contribution in [-0.4, -0.2) is 28.4 Å². The number of aromatic amines is 1. The second-order valence-electron chi connectivity index (χ2n) is 4.74. The molecule has 8 nitrogen and oxygen atoms in total. The maximum atomic E-state index is 12.3. The number of H-pyrrole nitrogens is 1. The van der Waals surface area contributed by atoms with Crippen molar-refractivity contribution in [2.45, 2.75) is 38.4 Å². The van der Waals surface area contributed by atoms with Crippen LogP contribution in [0, 0.1) is 6.92 Å². The SMILES string of the molecule is Cc1[nH]nc(S(=O)(=O)Nc2cnn(C(C)C)c2)c1CN. The molecule has 2 aromatic rings. The lowest BCUT2D eigenvalue weighted by molar-refractivity contribution is 0.532. The molecule has 9 heteroatoms. The van der Waals surface area contributed by atoms with E-state index in [2.05, 4.69) is 20.0 Å². The first-order valence-electron chi connectivity index (χ1n) is 6.16. The minimum Gasteiger partial charge on any atom is -0.326 e. The van der Waals surface area contributed by atoms with Crippen LogP contribution < -0.4 is 10.5 Å². The van der Waals surface area contributed by atoms with E-state index in [1.165, 1.54) is 6.20 Å². The van der Waals surface area contributed by atoms with Gasteiger partial charge in [-0.3, -0.25) is 14.5 Å². The monoisotopic (exact) mass is 298 g/mol. The van der Waals surface area contributed by atoms with E-state index in [0.717, 1.165) is 0 Å². The molecule has 0 amide bonds. The molecule has 0 aliphatic heterocycles. The zero-order chi connectivity index (χ0) is 14.9. The molecule has 0 aliphatic rings. The number of nitrogens with zero attached hydrogens (tertiary/aromatic N) is 3. The van der Waals surface area contributed by atoms with Crippen molar-refractivity contribution in [1.29, 1.82) is 0 Å². The van der Waals surface area contributed by atoms with E-state index in [4.69, 9.17) is 5.73 Å². The number of sulfonamides is 1. The highest BCUT2D eigenvalue weighted by molar-refractivity contribution is 7.92. The molecule has 0 saturated carbocycles. The Balaban J connectivity index is 2.30. The van der Waals surface area contributed by atoms with E-state index in [0.29, 0.717) is 16.9 Å². The molecule has 110 valence electrons. The predicted octanol–water partition coefficient (Wildman–Crippen LogP) is 0.755. The highest BCUT2D eigenvalue weighted by Gasteiger charge is 2.23. The van der Waals surface area contributed by atoms with Crippen LogP contribution in [0.5, 0.6) is 0 Å². The Morgan fingerprint density at radius 3 is 2.75 bits per heavy atom. The number of rotatable bonds is 5. The lowest BCUT2D eigenvalue weighted by Crippen LogP contribution is -2.16. The van der Waals surface area contributed by atoms with E-state index in [1.54, 1.807) is 17.8 Å². The summed E-state index contributed by atoms with van der Waals surface area (Å²) in [4.78, 5) is 0. The number of anilines is 1. The number of hydrogen-bond donors (Lipinski definition) is 3. The van der Waals surface area contributed by atoms with Gasteiger partial charge in [0.2, 0.25) is 5.03 Å². The van der Waals surface area contributed by atoms with Crippen molar-refractivity contribution in [2.75, 3.05) is 4.72 Å². The molecular formula is C11H18N6O2S. The summed E-state index contributed by atoms with van der Waals surface area (Å²) >= 11 is 0. The fraction of sp³-hybridized carbons (Fsp3) is 0.455. The van der Waals surface area contributed by atoms with Crippen LogP contribution in [0.15, 0.2) is 17.4 Å². The Morgan fingerprint density at radius 1 is 1.50 bits per heavy atom. The van der Waals surface area contributed by atoms with Crippen molar-refractivity contribution in [2.24, 2.45) is 5.73 Å². The molecule has 0 fully saturated rings. The smallest absolute Gasteiger partial charge is 0.281 e. The van der Waals surface area contributed by atoms with Crippen LogP contribution in [-0.2, 0) is 16.6 Å². The van der Waals surface area contributed by atoms with Gasteiger partial charge in [-0.25, -0.2) is 0 Å². The highest BCUT2D eigenvalue weighted by atomic mass is 32.2. The molecule has 2 heterocycles. The molecule has 0 aromatic carbocycles. The average Bonchev–Trinajstić information content (AvgIpc) is 2.95. The van der Waals surface area contributed by atoms with Gasteiger partial charge < -0.3 is 5.73 Å². The van der Waals surface area contributed by atoms with E-state index in [1.807, 2.05) is 13.8 Å². The van der Waals surface area contributed by atoms with Crippen LogP contribution in [0.4, 0.5) is 5.69 Å². The first-order valence-corrected chi connectivity index (χ1v) is 7.64. The molecule has 2 rings (SSSR count). The molecule has 0 radical (unpaired) electrons. The van der Waals surface area contributed by atoms with Gasteiger partial charge >= 0.3 is 0 Å². The zero-order valence-electron chi connectivity index (χ0n) is 11.6. The summed E-state index contributed by atoms with van der Waals surface area (Å²) < 4.78 is 28.7. The Hall–Kier alpha value is -1.87. The number of nitrogens with two attached hydrogens (primary N) is 1.